The van der Waals surface area contributed by atoms with Crippen molar-refractivity contribution in [1.29, 1.82) is 0 Å². The Morgan fingerprint density at radius 3 is 2.50 bits per heavy atom. The van der Waals surface area contributed by atoms with Gasteiger partial charge in [-0.25, -0.2) is 0 Å². The van der Waals surface area contributed by atoms with Crippen LogP contribution in [0.15, 0.2) is 36.4 Å². The maximum atomic E-state index is 12.2. The van der Waals surface area contributed by atoms with E-state index in [2.05, 4.69) is 10.6 Å². The molecule has 0 unspecified atom stereocenters. The predicted octanol–water partition coefficient (Wildman–Crippen LogP) is 3.89. The molecule has 2 aromatic carbocycles. The van der Waals surface area contributed by atoms with E-state index in [1.807, 2.05) is 0 Å². The van der Waals surface area contributed by atoms with Crippen LogP contribution in [0.3, 0.4) is 0 Å². The fraction of sp³-hybridized carbons (Fsp3) is 0.125. The summed E-state index contributed by atoms with van der Waals surface area (Å²) in [5.74, 6) is 0.922. The summed E-state index contributed by atoms with van der Waals surface area (Å²) < 4.78 is 10.9. The van der Waals surface area contributed by atoms with Crippen LogP contribution in [0, 0.1) is 0 Å². The highest BCUT2D eigenvalue weighted by molar-refractivity contribution is 7.80. The molecule has 0 aliphatic carbocycles. The van der Waals surface area contributed by atoms with Crippen LogP contribution in [0.1, 0.15) is 10.4 Å². The molecule has 1 amide bonds. The number of benzene rings is 2. The minimum Gasteiger partial charge on any atom is -0.486 e. The van der Waals surface area contributed by atoms with Gasteiger partial charge in [0.2, 0.25) is 0 Å². The summed E-state index contributed by atoms with van der Waals surface area (Å²) in [7, 11) is 0. The van der Waals surface area contributed by atoms with E-state index >= 15 is 0 Å². The molecule has 0 fully saturated rings. The van der Waals surface area contributed by atoms with Crippen LogP contribution in [0.4, 0.5) is 5.69 Å². The molecule has 0 bridgehead atoms. The van der Waals surface area contributed by atoms with Crippen LogP contribution >= 0.6 is 35.4 Å². The van der Waals surface area contributed by atoms with Crippen LogP contribution in [-0.4, -0.2) is 24.2 Å². The van der Waals surface area contributed by atoms with Gasteiger partial charge < -0.3 is 14.8 Å². The van der Waals surface area contributed by atoms with Gasteiger partial charge in [-0.15, -0.1) is 0 Å². The van der Waals surface area contributed by atoms with Gasteiger partial charge in [0.25, 0.3) is 5.91 Å². The number of carbonyl (C=O) groups excluding carboxylic acids is 1. The van der Waals surface area contributed by atoms with E-state index in [0.29, 0.717) is 46.0 Å². The van der Waals surface area contributed by atoms with Crippen molar-refractivity contribution < 1.29 is 14.3 Å². The Bertz CT molecular complexity index is 814. The molecule has 0 radical (unpaired) electrons. The zero-order valence-electron chi connectivity index (χ0n) is 12.3. The summed E-state index contributed by atoms with van der Waals surface area (Å²) in [6, 6.07) is 9.91. The number of halogens is 2. The Morgan fingerprint density at radius 2 is 1.75 bits per heavy atom. The van der Waals surface area contributed by atoms with Gasteiger partial charge in [-0.05, 0) is 42.5 Å². The quantitative estimate of drug-likeness (QED) is 0.771. The number of anilines is 1. The number of rotatable bonds is 2. The first-order valence-electron chi connectivity index (χ1n) is 7.00. The zero-order valence-corrected chi connectivity index (χ0v) is 14.6. The minimum atomic E-state index is -0.386. The molecule has 0 saturated heterocycles. The van der Waals surface area contributed by atoms with E-state index < -0.39 is 0 Å². The Morgan fingerprint density at radius 1 is 1.00 bits per heavy atom. The second kappa shape index (κ2) is 7.25. The summed E-state index contributed by atoms with van der Waals surface area (Å²) in [5, 5.41) is 6.34. The second-order valence-corrected chi connectivity index (χ2v) is 6.12. The van der Waals surface area contributed by atoms with Crippen molar-refractivity contribution in [3.63, 3.8) is 0 Å². The molecule has 0 aromatic heterocycles. The van der Waals surface area contributed by atoms with E-state index in [1.165, 1.54) is 6.07 Å². The molecule has 24 heavy (non-hydrogen) atoms. The van der Waals surface area contributed by atoms with Crippen molar-refractivity contribution in [2.24, 2.45) is 0 Å². The fourth-order valence-electron chi connectivity index (χ4n) is 2.10. The summed E-state index contributed by atoms with van der Waals surface area (Å²) in [6.45, 7) is 1.02. The second-order valence-electron chi connectivity index (χ2n) is 4.90. The molecule has 2 aromatic rings. The normalized spacial score (nSPS) is 12.4. The number of amides is 1. The first-order valence-corrected chi connectivity index (χ1v) is 8.16. The number of thiocarbonyl (C=S) groups is 1. The van der Waals surface area contributed by atoms with Gasteiger partial charge >= 0.3 is 0 Å². The van der Waals surface area contributed by atoms with E-state index in [1.54, 1.807) is 30.3 Å². The Labute approximate surface area is 153 Å². The molecule has 5 nitrogen and oxygen atoms in total. The number of hydrogen-bond acceptors (Lipinski definition) is 4. The summed E-state index contributed by atoms with van der Waals surface area (Å²) >= 11 is 16.9. The molecule has 124 valence electrons. The predicted molar refractivity (Wildman–Crippen MR) is 97.6 cm³/mol. The molecule has 8 heteroatoms. The maximum absolute atomic E-state index is 12.2. The Kier molecular flexibility index (Phi) is 5.08. The highest BCUT2D eigenvalue weighted by Crippen LogP contribution is 2.32. The van der Waals surface area contributed by atoms with Gasteiger partial charge in [0.15, 0.2) is 16.6 Å². The van der Waals surface area contributed by atoms with E-state index in [0.717, 1.165) is 0 Å². The third-order valence-electron chi connectivity index (χ3n) is 3.21. The third kappa shape index (κ3) is 3.90. The summed E-state index contributed by atoms with van der Waals surface area (Å²) in [6.07, 6.45) is 0. The number of ether oxygens (including phenoxy) is 2. The van der Waals surface area contributed by atoms with Gasteiger partial charge in [0.05, 0.1) is 10.0 Å². The molecule has 0 atom stereocenters. The molecule has 3 rings (SSSR count). The number of hydrogen-bond donors (Lipinski definition) is 2. The lowest BCUT2D eigenvalue weighted by Gasteiger charge is -2.19. The average Bonchev–Trinajstić information content (AvgIpc) is 2.57. The number of carbonyl (C=O) groups is 1. The van der Waals surface area contributed by atoms with Gasteiger partial charge in [-0.2, -0.15) is 0 Å². The standard InChI is InChI=1S/C16H12Cl2N2O3S/c17-11-3-1-9(7-12(11)18)15(21)20-16(24)19-10-2-4-13-14(8-10)23-6-5-22-13/h1-4,7-8H,5-6H2,(H2,19,20,21,24). The van der Waals surface area contributed by atoms with Crippen molar-refractivity contribution in [2.75, 3.05) is 18.5 Å². The van der Waals surface area contributed by atoms with Crippen molar-refractivity contribution in [1.82, 2.24) is 5.32 Å². The van der Waals surface area contributed by atoms with Crippen LogP contribution < -0.4 is 20.1 Å². The minimum absolute atomic E-state index is 0.155. The molecule has 2 N–H and O–H groups in total. The van der Waals surface area contributed by atoms with Crippen LogP contribution in [0.25, 0.3) is 0 Å². The van der Waals surface area contributed by atoms with Gasteiger partial charge in [0, 0.05) is 17.3 Å². The monoisotopic (exact) mass is 382 g/mol. The highest BCUT2D eigenvalue weighted by Gasteiger charge is 2.13. The Balaban J connectivity index is 1.64. The molecular weight excluding hydrogens is 371 g/mol. The van der Waals surface area contributed by atoms with E-state index in [9.17, 15) is 4.79 Å². The van der Waals surface area contributed by atoms with Gasteiger partial charge in [-0.3, -0.25) is 10.1 Å². The van der Waals surface area contributed by atoms with E-state index in [4.69, 9.17) is 44.9 Å². The molecular formula is C16H12Cl2N2O3S. The fourth-order valence-corrected chi connectivity index (χ4v) is 2.60. The molecule has 1 aliphatic heterocycles. The average molecular weight is 383 g/mol. The highest BCUT2D eigenvalue weighted by atomic mass is 35.5. The Hall–Kier alpha value is -2.02. The number of nitrogens with one attached hydrogen (secondary N) is 2. The van der Waals surface area contributed by atoms with Crippen LogP contribution in [0.2, 0.25) is 10.0 Å². The van der Waals surface area contributed by atoms with Crippen molar-refractivity contribution in [2.45, 2.75) is 0 Å². The van der Waals surface area contributed by atoms with E-state index in [-0.39, 0.29) is 11.0 Å². The summed E-state index contributed by atoms with van der Waals surface area (Å²) in [5.41, 5.74) is 1.04. The maximum Gasteiger partial charge on any atom is 0.257 e. The molecule has 0 spiro atoms. The van der Waals surface area contributed by atoms with Crippen molar-refractivity contribution in [3.8, 4) is 11.5 Å². The lowest BCUT2D eigenvalue weighted by molar-refractivity contribution is 0.0977. The lowest BCUT2D eigenvalue weighted by atomic mass is 10.2. The lowest BCUT2D eigenvalue weighted by Crippen LogP contribution is -2.34. The zero-order chi connectivity index (χ0) is 17.1. The van der Waals surface area contributed by atoms with Gasteiger partial charge in [-0.1, -0.05) is 23.2 Å². The molecule has 1 aliphatic rings. The first kappa shape index (κ1) is 16.8. The number of fused-ring (bicyclic) bond motifs is 1. The summed E-state index contributed by atoms with van der Waals surface area (Å²) in [4.78, 5) is 12.2. The largest absolute Gasteiger partial charge is 0.486 e. The van der Waals surface area contributed by atoms with Gasteiger partial charge in [0.1, 0.15) is 13.2 Å². The van der Waals surface area contributed by atoms with Crippen LogP contribution in [-0.2, 0) is 0 Å². The smallest absolute Gasteiger partial charge is 0.257 e. The first-order chi connectivity index (χ1) is 11.5. The SMILES string of the molecule is O=C(NC(=S)Nc1ccc2c(c1)OCCO2)c1ccc(Cl)c(Cl)c1. The topological polar surface area (TPSA) is 59.6 Å². The molecule has 1 heterocycles. The third-order valence-corrected chi connectivity index (χ3v) is 4.15. The van der Waals surface area contributed by atoms with Crippen molar-refractivity contribution >= 4 is 52.1 Å². The van der Waals surface area contributed by atoms with Crippen LogP contribution in [0.5, 0.6) is 11.5 Å². The van der Waals surface area contributed by atoms with Crippen molar-refractivity contribution in [3.05, 3.63) is 52.0 Å². The molecule has 0 saturated carbocycles.